The second-order valence-electron chi connectivity index (χ2n) is 6.48. The molecule has 1 amide bonds. The number of benzene rings is 3. The Balaban J connectivity index is 1.85. The molecular formula is C22H22N2O3S. The molecule has 0 spiro atoms. The monoisotopic (exact) mass is 394 g/mol. The molecule has 0 bridgehead atoms. The molecule has 144 valence electrons. The average molecular weight is 394 g/mol. The van der Waals surface area contributed by atoms with Crippen molar-refractivity contribution in [2.75, 3.05) is 5.32 Å². The van der Waals surface area contributed by atoms with E-state index in [1.807, 2.05) is 60.7 Å². The van der Waals surface area contributed by atoms with E-state index in [1.165, 1.54) is 19.1 Å². The van der Waals surface area contributed by atoms with Gasteiger partial charge in [0.1, 0.15) is 0 Å². The van der Waals surface area contributed by atoms with Crippen molar-refractivity contribution in [2.24, 2.45) is 0 Å². The SMILES string of the molecule is CC(=O)Nc1ccc(S(=O)(=O)N[C@H](Cc2ccccc2)c2ccccc2)cc1. The Kier molecular flexibility index (Phi) is 6.23. The normalized spacial score (nSPS) is 12.3. The van der Waals surface area contributed by atoms with Crippen molar-refractivity contribution in [2.45, 2.75) is 24.3 Å². The highest BCUT2D eigenvalue weighted by Gasteiger charge is 2.22. The number of carbonyl (C=O) groups is 1. The lowest BCUT2D eigenvalue weighted by Crippen LogP contribution is -2.30. The summed E-state index contributed by atoms with van der Waals surface area (Å²) in [6.07, 6.45) is 0.536. The zero-order valence-electron chi connectivity index (χ0n) is 15.5. The van der Waals surface area contributed by atoms with Crippen LogP contribution in [0, 0.1) is 0 Å². The van der Waals surface area contributed by atoms with Gasteiger partial charge in [0.15, 0.2) is 0 Å². The maximum atomic E-state index is 12.9. The van der Waals surface area contributed by atoms with Crippen molar-refractivity contribution in [1.82, 2.24) is 4.72 Å². The Labute approximate surface area is 165 Å². The van der Waals surface area contributed by atoms with Gasteiger partial charge >= 0.3 is 0 Å². The van der Waals surface area contributed by atoms with E-state index in [9.17, 15) is 13.2 Å². The molecule has 0 unspecified atom stereocenters. The molecule has 28 heavy (non-hydrogen) atoms. The fourth-order valence-corrected chi connectivity index (χ4v) is 4.16. The van der Waals surface area contributed by atoms with Gasteiger partial charge in [-0.2, -0.15) is 0 Å². The number of nitrogens with one attached hydrogen (secondary N) is 2. The molecule has 0 aromatic heterocycles. The zero-order valence-corrected chi connectivity index (χ0v) is 16.3. The van der Waals surface area contributed by atoms with E-state index in [0.29, 0.717) is 12.1 Å². The van der Waals surface area contributed by atoms with E-state index in [-0.39, 0.29) is 10.8 Å². The van der Waals surface area contributed by atoms with E-state index >= 15 is 0 Å². The van der Waals surface area contributed by atoms with Crippen molar-refractivity contribution in [3.8, 4) is 0 Å². The van der Waals surface area contributed by atoms with Gasteiger partial charge in [-0.25, -0.2) is 13.1 Å². The number of sulfonamides is 1. The van der Waals surface area contributed by atoms with Crippen molar-refractivity contribution < 1.29 is 13.2 Å². The zero-order chi connectivity index (χ0) is 20.0. The van der Waals surface area contributed by atoms with Crippen LogP contribution in [-0.4, -0.2) is 14.3 Å². The number of anilines is 1. The second-order valence-corrected chi connectivity index (χ2v) is 8.19. The van der Waals surface area contributed by atoms with Gasteiger partial charge < -0.3 is 5.32 Å². The van der Waals surface area contributed by atoms with E-state index in [0.717, 1.165) is 11.1 Å². The molecule has 2 N–H and O–H groups in total. The van der Waals surface area contributed by atoms with Crippen molar-refractivity contribution >= 4 is 21.6 Å². The first-order valence-electron chi connectivity index (χ1n) is 8.93. The number of hydrogen-bond donors (Lipinski definition) is 2. The summed E-state index contributed by atoms with van der Waals surface area (Å²) in [7, 11) is -3.74. The Morgan fingerprint density at radius 1 is 0.857 bits per heavy atom. The predicted octanol–water partition coefficient (Wildman–Crippen LogP) is 3.91. The molecule has 5 nitrogen and oxygen atoms in total. The third kappa shape index (κ3) is 5.28. The Bertz CT molecular complexity index is 1020. The molecule has 0 aliphatic carbocycles. The third-order valence-electron chi connectivity index (χ3n) is 4.27. The van der Waals surface area contributed by atoms with Crippen molar-refractivity contribution in [3.63, 3.8) is 0 Å². The van der Waals surface area contributed by atoms with Gasteiger partial charge in [0.25, 0.3) is 0 Å². The molecule has 0 heterocycles. The molecule has 1 atom stereocenters. The molecule has 0 aliphatic rings. The highest BCUT2D eigenvalue weighted by atomic mass is 32.2. The van der Waals surface area contributed by atoms with E-state index in [2.05, 4.69) is 10.0 Å². The fourth-order valence-electron chi connectivity index (χ4n) is 2.94. The predicted molar refractivity (Wildman–Crippen MR) is 110 cm³/mol. The number of carbonyl (C=O) groups excluding carboxylic acids is 1. The fraction of sp³-hybridized carbons (Fsp3) is 0.136. The van der Waals surface area contributed by atoms with Crippen molar-refractivity contribution in [1.29, 1.82) is 0 Å². The summed E-state index contributed by atoms with van der Waals surface area (Å²) in [5.74, 6) is -0.208. The quantitative estimate of drug-likeness (QED) is 0.638. The minimum Gasteiger partial charge on any atom is -0.326 e. The van der Waals surface area contributed by atoms with Gasteiger partial charge in [0.2, 0.25) is 15.9 Å². The van der Waals surface area contributed by atoms with Crippen LogP contribution in [0.15, 0.2) is 89.8 Å². The molecule has 6 heteroatoms. The third-order valence-corrected chi connectivity index (χ3v) is 5.75. The summed E-state index contributed by atoms with van der Waals surface area (Å²) in [6.45, 7) is 1.40. The number of rotatable bonds is 7. The molecular weight excluding hydrogens is 372 g/mol. The maximum Gasteiger partial charge on any atom is 0.241 e. The van der Waals surface area contributed by atoms with Crippen LogP contribution < -0.4 is 10.0 Å². The summed E-state index contributed by atoms with van der Waals surface area (Å²) in [5, 5.41) is 2.63. The smallest absolute Gasteiger partial charge is 0.241 e. The van der Waals surface area contributed by atoms with Crippen LogP contribution in [0.1, 0.15) is 24.1 Å². The molecule has 3 aromatic carbocycles. The molecule has 0 aliphatic heterocycles. The van der Waals surface area contributed by atoms with Crippen LogP contribution in [0.5, 0.6) is 0 Å². The molecule has 0 saturated heterocycles. The summed E-state index contributed by atoms with van der Waals surface area (Å²) >= 11 is 0. The first kappa shape index (κ1) is 19.8. The van der Waals surface area contributed by atoms with Crippen LogP contribution in [0.3, 0.4) is 0 Å². The lowest BCUT2D eigenvalue weighted by molar-refractivity contribution is -0.114. The van der Waals surface area contributed by atoms with Crippen LogP contribution in [0.2, 0.25) is 0 Å². The Hall–Kier alpha value is -2.96. The highest BCUT2D eigenvalue weighted by molar-refractivity contribution is 7.89. The Morgan fingerprint density at radius 2 is 1.43 bits per heavy atom. The van der Waals surface area contributed by atoms with Gasteiger partial charge in [-0.05, 0) is 41.8 Å². The lowest BCUT2D eigenvalue weighted by atomic mass is 10.00. The van der Waals surface area contributed by atoms with Gasteiger partial charge in [0.05, 0.1) is 10.9 Å². The van der Waals surface area contributed by atoms with E-state index in [1.54, 1.807) is 12.1 Å². The first-order chi connectivity index (χ1) is 13.4. The Morgan fingerprint density at radius 3 is 2.00 bits per heavy atom. The summed E-state index contributed by atoms with van der Waals surface area (Å²) in [6, 6.07) is 25.0. The minimum absolute atomic E-state index is 0.149. The van der Waals surface area contributed by atoms with Crippen molar-refractivity contribution in [3.05, 3.63) is 96.1 Å². The maximum absolute atomic E-state index is 12.9. The topological polar surface area (TPSA) is 75.3 Å². The van der Waals surface area contributed by atoms with Gasteiger partial charge in [-0.15, -0.1) is 0 Å². The molecule has 0 radical (unpaired) electrons. The molecule has 3 aromatic rings. The largest absolute Gasteiger partial charge is 0.326 e. The van der Waals surface area contributed by atoms with Crippen LogP contribution >= 0.6 is 0 Å². The summed E-state index contributed by atoms with van der Waals surface area (Å²) in [4.78, 5) is 11.3. The van der Waals surface area contributed by atoms with Crippen LogP contribution in [0.25, 0.3) is 0 Å². The van der Waals surface area contributed by atoms with Gasteiger partial charge in [0, 0.05) is 12.6 Å². The second kappa shape index (κ2) is 8.82. The van der Waals surface area contributed by atoms with Gasteiger partial charge in [-0.3, -0.25) is 4.79 Å². The minimum atomic E-state index is -3.74. The number of amides is 1. The highest BCUT2D eigenvalue weighted by Crippen LogP contribution is 2.22. The van der Waals surface area contributed by atoms with Crippen LogP contribution in [0.4, 0.5) is 5.69 Å². The van der Waals surface area contributed by atoms with E-state index in [4.69, 9.17) is 0 Å². The standard InChI is InChI=1S/C22H22N2O3S/c1-17(25)23-20-12-14-21(15-13-20)28(26,27)24-22(19-10-6-3-7-11-19)16-18-8-4-2-5-9-18/h2-15,22,24H,16H2,1H3,(H,23,25)/t22-/m1/s1. The van der Waals surface area contributed by atoms with E-state index < -0.39 is 16.1 Å². The summed E-state index contributed by atoms with van der Waals surface area (Å²) < 4.78 is 28.7. The molecule has 3 rings (SSSR count). The van der Waals surface area contributed by atoms with Crippen LogP contribution in [-0.2, 0) is 21.2 Å². The molecule has 0 fully saturated rings. The molecule has 0 saturated carbocycles. The van der Waals surface area contributed by atoms with Gasteiger partial charge in [-0.1, -0.05) is 60.7 Å². The average Bonchev–Trinajstić information content (AvgIpc) is 2.69. The first-order valence-corrected chi connectivity index (χ1v) is 10.4. The summed E-state index contributed by atoms with van der Waals surface area (Å²) in [5.41, 5.74) is 2.49. The number of hydrogen-bond acceptors (Lipinski definition) is 3. The lowest BCUT2D eigenvalue weighted by Gasteiger charge is -2.20.